The fraction of sp³-hybridized carbons (Fsp3) is 0.889. The van der Waals surface area contributed by atoms with Crippen molar-refractivity contribution < 1.29 is 19.3 Å². The predicted molar refractivity (Wildman–Crippen MR) is 82.7 cm³/mol. The number of rotatable bonds is 4. The van der Waals surface area contributed by atoms with Crippen molar-refractivity contribution in [1.29, 1.82) is 0 Å². The minimum Gasteiger partial charge on any atom is -0.390 e. The van der Waals surface area contributed by atoms with Gasteiger partial charge in [0.2, 0.25) is 0 Å². The van der Waals surface area contributed by atoms with E-state index in [1.165, 1.54) is 25.7 Å². The van der Waals surface area contributed by atoms with E-state index in [-0.39, 0.29) is 29.3 Å². The highest BCUT2D eigenvalue weighted by molar-refractivity contribution is 5.21. The molecule has 4 rings (SSSR count). The molecule has 0 aromatic carbocycles. The van der Waals surface area contributed by atoms with Gasteiger partial charge in [0.1, 0.15) is 5.60 Å². The van der Waals surface area contributed by atoms with Gasteiger partial charge in [0.15, 0.2) is 0 Å². The van der Waals surface area contributed by atoms with Gasteiger partial charge in [-0.3, -0.25) is 0 Å². The number of aliphatic hydroxyl groups is 1. The SMILES string of the molecule is COC1C(O)CCC2(CO2)C1C1(C)OC1CC=C1CCCC1. The minimum atomic E-state index is -0.403. The highest BCUT2D eigenvalue weighted by Crippen LogP contribution is 2.59. The van der Waals surface area contributed by atoms with E-state index in [1.54, 1.807) is 12.7 Å². The zero-order valence-corrected chi connectivity index (χ0v) is 13.7. The third-order valence-electron chi connectivity index (χ3n) is 6.39. The Morgan fingerprint density at radius 3 is 2.73 bits per heavy atom. The molecule has 1 spiro atoms. The van der Waals surface area contributed by atoms with Crippen LogP contribution >= 0.6 is 0 Å². The fourth-order valence-corrected chi connectivity index (χ4v) is 4.93. The molecule has 0 aromatic heterocycles. The Hall–Kier alpha value is -0.420. The maximum atomic E-state index is 10.3. The number of allylic oxidation sites excluding steroid dienone is 1. The summed E-state index contributed by atoms with van der Waals surface area (Å²) in [6.07, 6.45) is 9.94. The van der Waals surface area contributed by atoms with E-state index in [2.05, 4.69) is 13.0 Å². The van der Waals surface area contributed by atoms with E-state index in [0.29, 0.717) is 0 Å². The lowest BCUT2D eigenvalue weighted by molar-refractivity contribution is -0.116. The molecule has 2 aliphatic carbocycles. The molecule has 4 aliphatic rings. The van der Waals surface area contributed by atoms with Crippen molar-refractivity contribution in [1.82, 2.24) is 0 Å². The minimum absolute atomic E-state index is 0.107. The maximum absolute atomic E-state index is 10.3. The topological polar surface area (TPSA) is 54.5 Å². The van der Waals surface area contributed by atoms with E-state index in [1.807, 2.05) is 0 Å². The molecule has 4 nitrogen and oxygen atoms in total. The predicted octanol–water partition coefficient (Wildman–Crippen LogP) is 2.59. The van der Waals surface area contributed by atoms with Crippen molar-refractivity contribution in [2.24, 2.45) is 5.92 Å². The average molecular weight is 308 g/mol. The van der Waals surface area contributed by atoms with Crippen LogP contribution in [-0.2, 0) is 14.2 Å². The molecule has 6 atom stereocenters. The summed E-state index contributed by atoms with van der Waals surface area (Å²) >= 11 is 0. The molecule has 1 N–H and O–H groups in total. The van der Waals surface area contributed by atoms with Crippen molar-refractivity contribution in [3.8, 4) is 0 Å². The highest BCUT2D eigenvalue weighted by atomic mass is 16.6. The van der Waals surface area contributed by atoms with E-state index >= 15 is 0 Å². The van der Waals surface area contributed by atoms with Crippen molar-refractivity contribution in [2.75, 3.05) is 13.7 Å². The molecular weight excluding hydrogens is 280 g/mol. The second-order valence-corrected chi connectivity index (χ2v) is 7.73. The average Bonchev–Trinajstić information content (AvgIpc) is 3.35. The first-order valence-corrected chi connectivity index (χ1v) is 8.80. The van der Waals surface area contributed by atoms with E-state index < -0.39 is 6.10 Å². The highest BCUT2D eigenvalue weighted by Gasteiger charge is 2.71. The van der Waals surface area contributed by atoms with Crippen molar-refractivity contribution in [3.63, 3.8) is 0 Å². The molecule has 0 amide bonds. The van der Waals surface area contributed by atoms with Gasteiger partial charge in [0.05, 0.1) is 36.4 Å². The van der Waals surface area contributed by atoms with Gasteiger partial charge in [0, 0.05) is 7.11 Å². The molecular formula is C18H28O4. The number of ether oxygens (including phenoxy) is 3. The molecule has 4 fully saturated rings. The van der Waals surface area contributed by atoms with Crippen molar-refractivity contribution in [3.05, 3.63) is 11.6 Å². The van der Waals surface area contributed by atoms with E-state index in [9.17, 15) is 5.11 Å². The van der Waals surface area contributed by atoms with Crippen molar-refractivity contribution >= 4 is 0 Å². The molecule has 0 bridgehead atoms. The zero-order valence-electron chi connectivity index (χ0n) is 13.7. The summed E-state index contributed by atoms with van der Waals surface area (Å²) in [5.41, 5.74) is 1.28. The first kappa shape index (κ1) is 15.1. The smallest absolute Gasteiger partial charge is 0.101 e. The summed E-state index contributed by atoms with van der Waals surface area (Å²) in [4.78, 5) is 0. The molecule has 2 saturated heterocycles. The number of methoxy groups -OCH3 is 1. The molecule has 2 aliphatic heterocycles. The zero-order chi connectivity index (χ0) is 15.4. The van der Waals surface area contributed by atoms with Crippen molar-refractivity contribution in [2.45, 2.75) is 81.4 Å². The van der Waals surface area contributed by atoms with Crippen LogP contribution < -0.4 is 0 Å². The van der Waals surface area contributed by atoms with E-state index in [0.717, 1.165) is 25.9 Å². The number of hydrogen-bond donors (Lipinski definition) is 1. The van der Waals surface area contributed by atoms with Crippen LogP contribution in [0.2, 0.25) is 0 Å². The molecule has 0 aromatic rings. The number of aliphatic hydroxyl groups excluding tert-OH is 1. The molecule has 124 valence electrons. The molecule has 2 saturated carbocycles. The lowest BCUT2D eigenvalue weighted by Crippen LogP contribution is -2.54. The Labute approximate surface area is 132 Å². The quantitative estimate of drug-likeness (QED) is 0.641. The lowest BCUT2D eigenvalue weighted by Gasteiger charge is -2.41. The normalized spacial score (nSPS) is 50.4. The summed E-state index contributed by atoms with van der Waals surface area (Å²) in [5, 5.41) is 10.3. The largest absolute Gasteiger partial charge is 0.390 e. The van der Waals surface area contributed by atoms with Crippen LogP contribution in [0.15, 0.2) is 11.6 Å². The van der Waals surface area contributed by atoms with Gasteiger partial charge in [-0.2, -0.15) is 0 Å². The Kier molecular flexibility index (Phi) is 3.65. The lowest BCUT2D eigenvalue weighted by atomic mass is 9.68. The molecule has 4 heteroatoms. The second-order valence-electron chi connectivity index (χ2n) is 7.73. The number of hydrogen-bond acceptors (Lipinski definition) is 4. The standard InChI is InChI=1S/C18H28O4/c1-17(14(22-17)8-7-12-5-3-4-6-12)16-15(20-2)13(19)9-10-18(16)11-21-18/h7,13-16,19H,3-6,8-11H2,1-2H3. The van der Waals surface area contributed by atoms with Gasteiger partial charge in [-0.15, -0.1) is 0 Å². The van der Waals surface area contributed by atoms with Gasteiger partial charge >= 0.3 is 0 Å². The summed E-state index contributed by atoms with van der Waals surface area (Å²) in [6.45, 7) is 2.97. The van der Waals surface area contributed by atoms with Crippen LogP contribution in [0.3, 0.4) is 0 Å². The first-order valence-electron chi connectivity index (χ1n) is 8.80. The summed E-state index contributed by atoms with van der Waals surface area (Å²) < 4.78 is 17.6. The van der Waals surface area contributed by atoms with Crippen LogP contribution in [0.5, 0.6) is 0 Å². The van der Waals surface area contributed by atoms with Crippen LogP contribution in [0.1, 0.15) is 51.9 Å². The van der Waals surface area contributed by atoms with Crippen LogP contribution in [0, 0.1) is 5.92 Å². The molecule has 6 unspecified atom stereocenters. The van der Waals surface area contributed by atoms with Crippen LogP contribution in [0.4, 0.5) is 0 Å². The monoisotopic (exact) mass is 308 g/mol. The third-order valence-corrected chi connectivity index (χ3v) is 6.39. The van der Waals surface area contributed by atoms with Gasteiger partial charge in [0.25, 0.3) is 0 Å². The van der Waals surface area contributed by atoms with Gasteiger partial charge in [-0.05, 0) is 51.9 Å². The Bertz CT molecular complexity index is 462. The fourth-order valence-electron chi connectivity index (χ4n) is 4.93. The second kappa shape index (κ2) is 5.30. The van der Waals surface area contributed by atoms with Crippen LogP contribution in [0.25, 0.3) is 0 Å². The maximum Gasteiger partial charge on any atom is 0.101 e. The van der Waals surface area contributed by atoms with E-state index in [4.69, 9.17) is 14.2 Å². The van der Waals surface area contributed by atoms with Gasteiger partial charge in [-0.1, -0.05) is 11.6 Å². The molecule has 0 radical (unpaired) electrons. The summed E-state index contributed by atoms with van der Waals surface area (Å²) in [5.74, 6) is 0.140. The first-order chi connectivity index (χ1) is 10.6. The summed E-state index contributed by atoms with van der Waals surface area (Å²) in [6, 6.07) is 0. The Morgan fingerprint density at radius 1 is 1.36 bits per heavy atom. The Balaban J connectivity index is 1.48. The van der Waals surface area contributed by atoms with Crippen LogP contribution in [-0.4, -0.2) is 48.3 Å². The molecule has 22 heavy (non-hydrogen) atoms. The summed E-state index contributed by atoms with van der Waals surface area (Å²) in [7, 11) is 1.70. The number of epoxide rings is 2. The Morgan fingerprint density at radius 2 is 2.09 bits per heavy atom. The molecule has 2 heterocycles. The van der Waals surface area contributed by atoms with Gasteiger partial charge < -0.3 is 19.3 Å². The third kappa shape index (κ3) is 2.35. The van der Waals surface area contributed by atoms with Gasteiger partial charge in [-0.25, -0.2) is 0 Å².